The molecule has 72 heavy (non-hydrogen) atoms. The van der Waals surface area contributed by atoms with Crippen LogP contribution in [-0.4, -0.2) is 0 Å². The smallest absolute Gasteiger partial charge is 0.0431 e. The minimum absolute atomic E-state index is 0.800. The molecule has 0 N–H and O–H groups in total. The lowest BCUT2D eigenvalue weighted by Crippen LogP contribution is -2.12. The summed E-state index contributed by atoms with van der Waals surface area (Å²) in [7, 11) is 0. The maximum Gasteiger partial charge on any atom is 0.0431 e. The Labute approximate surface area is 429 Å². The first kappa shape index (κ1) is 48.3. The van der Waals surface area contributed by atoms with Gasteiger partial charge in [0.1, 0.15) is 0 Å². The van der Waals surface area contributed by atoms with Gasteiger partial charge >= 0.3 is 0 Å². The number of benzene rings is 7. The summed E-state index contributed by atoms with van der Waals surface area (Å²) in [5.41, 5.74) is 24.5. The van der Waals surface area contributed by atoms with Gasteiger partial charge in [0, 0.05) is 66.8 Å². The van der Waals surface area contributed by atoms with Crippen molar-refractivity contribution in [3.05, 3.63) is 299 Å². The lowest BCUT2D eigenvalue weighted by molar-refractivity contribution is 0.915. The van der Waals surface area contributed by atoms with Gasteiger partial charge in [-0.3, -0.25) is 0 Å². The zero-order valence-corrected chi connectivity index (χ0v) is 42.7. The number of aryl methyl sites for hydroxylation is 7. The van der Waals surface area contributed by atoms with Crippen molar-refractivity contribution in [3.63, 3.8) is 0 Å². The minimum atomic E-state index is 0.800. The molecule has 7 aromatic carbocycles. The number of hydrogen-bond donors (Lipinski definition) is 0. The van der Waals surface area contributed by atoms with Crippen LogP contribution in [0.3, 0.4) is 0 Å². The monoisotopic (exact) mass is 922 g/mol. The van der Waals surface area contributed by atoms with Gasteiger partial charge in [-0.2, -0.15) is 0 Å². The fourth-order valence-corrected chi connectivity index (χ4v) is 8.88. The second-order valence-electron chi connectivity index (χ2n) is 19.3. The van der Waals surface area contributed by atoms with E-state index in [4.69, 9.17) is 0 Å². The van der Waals surface area contributed by atoms with Crippen LogP contribution in [-0.2, 0) is 0 Å². The summed E-state index contributed by atoms with van der Waals surface area (Å²) in [6, 6.07) is 60.5. The molecular weight excluding hydrogens is 865 g/mol. The molecule has 0 bridgehead atoms. The molecule has 0 atom stereocenters. The van der Waals surface area contributed by atoms with E-state index in [0.717, 1.165) is 119 Å². The van der Waals surface area contributed by atoms with Gasteiger partial charge in [0.15, 0.2) is 0 Å². The highest BCUT2D eigenvalue weighted by molar-refractivity contribution is 6.11. The average molecular weight is 923 g/mol. The zero-order valence-electron chi connectivity index (χ0n) is 42.7. The van der Waals surface area contributed by atoms with Crippen molar-refractivity contribution in [2.45, 2.75) is 68.2 Å². The molecule has 0 amide bonds. The van der Waals surface area contributed by atoms with Crippen LogP contribution < -0.4 is 0 Å². The fourth-order valence-electron chi connectivity index (χ4n) is 8.88. The molecule has 0 heterocycles. The molecule has 0 spiro atoms. The first-order chi connectivity index (χ1) is 34.9. The van der Waals surface area contributed by atoms with E-state index in [9.17, 15) is 0 Å². The summed E-state index contributed by atoms with van der Waals surface area (Å²) < 4.78 is 0. The molecule has 0 unspecified atom stereocenters. The molecule has 7 aromatic rings. The largest absolute Gasteiger partial charge is 0.0730 e. The van der Waals surface area contributed by atoms with E-state index in [0.29, 0.717) is 0 Å². The molecule has 0 saturated heterocycles. The quantitative estimate of drug-likeness (QED) is 0.154. The normalized spacial score (nSPS) is 17.5. The van der Waals surface area contributed by atoms with Crippen LogP contribution in [0.25, 0.3) is 16.7 Å². The minimum Gasteiger partial charge on any atom is -0.0730 e. The maximum atomic E-state index is 3.94. The molecular formula is C72H58. The Morgan fingerprint density at radius 3 is 0.722 bits per heavy atom. The van der Waals surface area contributed by atoms with Crippen molar-refractivity contribution >= 4 is 16.7 Å². The van der Waals surface area contributed by atoms with E-state index in [1.54, 1.807) is 0 Å². The standard InChI is InChI=1S/C72H58/c1-49-9-25-57(26-10-49)33-45-65-69(61-37-17-53(5)18-38-61)66(46-34-58-27-11-50(2)12-28-58)71(63-41-21-55(7)22-42-63)68(48-36-60-31-15-52(4)16-32-60)72(64-43-23-56(8)24-44-64)67(47-35-59-29-13-51(3)14-30-59)70(65)62-39-19-54(6)20-40-62/h9-23,25-32,37-43H,24,44H2,1-8H3/b69-65-,69-66?,70-65?,70-67-,71-66-,71-68?,72-67?,72-68-. The fraction of sp³-hybridized carbons (Fsp3) is 0.139. The maximum absolute atomic E-state index is 3.94. The summed E-state index contributed by atoms with van der Waals surface area (Å²) >= 11 is 0. The highest BCUT2D eigenvalue weighted by atomic mass is 14.3. The predicted molar refractivity (Wildman–Crippen MR) is 305 cm³/mol. The molecule has 9 rings (SSSR count). The topological polar surface area (TPSA) is 0 Å². The van der Waals surface area contributed by atoms with Crippen LogP contribution in [0.2, 0.25) is 0 Å². The van der Waals surface area contributed by atoms with Crippen molar-refractivity contribution in [1.82, 2.24) is 0 Å². The van der Waals surface area contributed by atoms with Crippen molar-refractivity contribution in [1.29, 1.82) is 0 Å². The highest BCUT2D eigenvalue weighted by Crippen LogP contribution is 2.48. The Bertz CT molecular complexity index is 3610. The van der Waals surface area contributed by atoms with Crippen LogP contribution in [0.5, 0.6) is 0 Å². The van der Waals surface area contributed by atoms with E-state index in [2.05, 4.69) is 285 Å². The van der Waals surface area contributed by atoms with E-state index < -0.39 is 0 Å². The van der Waals surface area contributed by atoms with Crippen molar-refractivity contribution in [2.75, 3.05) is 0 Å². The first-order valence-electron chi connectivity index (χ1n) is 24.9. The van der Waals surface area contributed by atoms with E-state index in [-0.39, 0.29) is 0 Å². The van der Waals surface area contributed by atoms with Gasteiger partial charge in [0.25, 0.3) is 0 Å². The second-order valence-corrected chi connectivity index (χ2v) is 19.3. The third kappa shape index (κ3) is 11.5. The lowest BCUT2D eigenvalue weighted by atomic mass is 9.73. The molecule has 0 aromatic heterocycles. The van der Waals surface area contributed by atoms with Gasteiger partial charge in [-0.05, 0) is 139 Å². The number of hydrogen-bond acceptors (Lipinski definition) is 0. The Morgan fingerprint density at radius 2 is 0.472 bits per heavy atom. The third-order valence-electron chi connectivity index (χ3n) is 13.2. The van der Waals surface area contributed by atoms with E-state index in [1.807, 2.05) is 0 Å². The Kier molecular flexibility index (Phi) is 14.7. The summed E-state index contributed by atoms with van der Waals surface area (Å²) in [6.45, 7) is 17.1. The Morgan fingerprint density at radius 1 is 0.236 bits per heavy atom. The van der Waals surface area contributed by atoms with Crippen molar-refractivity contribution in [3.8, 4) is 47.4 Å². The zero-order chi connectivity index (χ0) is 50.1. The van der Waals surface area contributed by atoms with Gasteiger partial charge < -0.3 is 0 Å². The van der Waals surface area contributed by atoms with Gasteiger partial charge in [-0.15, -0.1) is 0 Å². The Balaban J connectivity index is 1.61. The summed E-state index contributed by atoms with van der Waals surface area (Å²) in [4.78, 5) is 0. The summed E-state index contributed by atoms with van der Waals surface area (Å²) in [6.07, 6.45) is 6.27. The highest BCUT2D eigenvalue weighted by Gasteiger charge is 2.32. The molecule has 0 aliphatic heterocycles. The van der Waals surface area contributed by atoms with Gasteiger partial charge in [-0.1, -0.05) is 225 Å². The average Bonchev–Trinajstić information content (AvgIpc) is 3.38. The molecule has 0 fully saturated rings. The number of allylic oxidation sites excluding steroid dienone is 12. The molecule has 0 heteroatoms. The van der Waals surface area contributed by atoms with Crippen LogP contribution in [0.15, 0.2) is 221 Å². The van der Waals surface area contributed by atoms with Crippen LogP contribution in [0.1, 0.15) is 97.7 Å². The van der Waals surface area contributed by atoms with Crippen LogP contribution in [0, 0.1) is 95.8 Å². The van der Waals surface area contributed by atoms with Crippen LogP contribution in [0.4, 0.5) is 0 Å². The van der Waals surface area contributed by atoms with Crippen molar-refractivity contribution < 1.29 is 0 Å². The summed E-state index contributed by atoms with van der Waals surface area (Å²) in [5.74, 6) is 30.6. The van der Waals surface area contributed by atoms with Crippen LogP contribution >= 0.6 is 0 Å². The van der Waals surface area contributed by atoms with Gasteiger partial charge in [0.05, 0.1) is 0 Å². The molecule has 2 aliphatic rings. The molecule has 2 aliphatic carbocycles. The summed E-state index contributed by atoms with van der Waals surface area (Å²) in [5, 5.41) is 0. The molecule has 346 valence electrons. The van der Waals surface area contributed by atoms with Crippen molar-refractivity contribution in [2.24, 2.45) is 0 Å². The SMILES string of the molecule is CC1=CC=C(C2=C(C#Cc3ccc(C)cc3)/C(c3ccc(C)cc3)=C(C#Cc3ccc(C)cc3)\C(c3ccc(C)cc3)=C(C#Cc3ccc(C)cc3)/C(c3ccc(C)cc3)=C\2C#Cc2ccc(C)cc2)CC1. The molecule has 0 nitrogen and oxygen atoms in total. The van der Waals surface area contributed by atoms with Gasteiger partial charge in [-0.25, -0.2) is 0 Å². The molecule has 0 radical (unpaired) electrons. The van der Waals surface area contributed by atoms with E-state index in [1.165, 1.54) is 27.8 Å². The van der Waals surface area contributed by atoms with E-state index >= 15 is 0 Å². The number of rotatable bonds is 4. The predicted octanol–water partition coefficient (Wildman–Crippen LogP) is 16.7. The Hall–Kier alpha value is -8.78. The lowest BCUT2D eigenvalue weighted by Gasteiger charge is -2.28. The third-order valence-corrected chi connectivity index (χ3v) is 13.2. The first-order valence-corrected chi connectivity index (χ1v) is 24.9. The second kappa shape index (κ2) is 21.9. The van der Waals surface area contributed by atoms with Gasteiger partial charge in [0.2, 0.25) is 0 Å². The molecule has 0 saturated carbocycles.